The molecule has 0 spiro atoms. The lowest BCUT2D eigenvalue weighted by molar-refractivity contribution is -0.138. The van der Waals surface area contributed by atoms with Gasteiger partial charge in [0, 0.05) is 19.4 Å². The number of aromatic nitrogens is 3. The number of hydrogen-bond acceptors (Lipinski definition) is 3. The summed E-state index contributed by atoms with van der Waals surface area (Å²) >= 11 is 0. The van der Waals surface area contributed by atoms with Gasteiger partial charge in [0.2, 0.25) is 5.78 Å². The molecular weight excluding hydrogens is 196 g/mol. The van der Waals surface area contributed by atoms with Crippen LogP contribution in [0.5, 0.6) is 0 Å². The number of nitrogens with two attached hydrogens (primary N) is 1. The topological polar surface area (TPSA) is 85.5 Å². The summed E-state index contributed by atoms with van der Waals surface area (Å²) in [6, 6.07) is -1.02. The van der Waals surface area contributed by atoms with Crippen molar-refractivity contribution < 1.29 is 9.90 Å². The SMILES string of the molecule is Cc1cn2cc(C(N)C(=O)O)n(C)c2n1. The molecule has 6 heteroatoms. The Morgan fingerprint density at radius 3 is 2.80 bits per heavy atom. The van der Waals surface area contributed by atoms with E-state index in [1.807, 2.05) is 13.1 Å². The van der Waals surface area contributed by atoms with Crippen molar-refractivity contribution in [2.45, 2.75) is 13.0 Å². The maximum Gasteiger partial charge on any atom is 0.326 e. The largest absolute Gasteiger partial charge is 0.480 e. The Bertz CT molecular complexity index is 525. The van der Waals surface area contributed by atoms with E-state index in [0.29, 0.717) is 11.5 Å². The lowest BCUT2D eigenvalue weighted by atomic mass is 10.2. The highest BCUT2D eigenvalue weighted by molar-refractivity contribution is 5.74. The van der Waals surface area contributed by atoms with Crippen LogP contribution in [0.25, 0.3) is 5.78 Å². The molecule has 0 aliphatic carbocycles. The van der Waals surface area contributed by atoms with Crippen LogP contribution in [0.15, 0.2) is 12.4 Å². The van der Waals surface area contributed by atoms with Gasteiger partial charge in [0.25, 0.3) is 0 Å². The number of aliphatic carboxylic acids is 1. The van der Waals surface area contributed by atoms with Crippen LogP contribution in [0, 0.1) is 6.92 Å². The van der Waals surface area contributed by atoms with E-state index in [4.69, 9.17) is 10.8 Å². The number of nitrogens with zero attached hydrogens (tertiary/aromatic N) is 3. The summed E-state index contributed by atoms with van der Waals surface area (Å²) in [6.07, 6.45) is 3.52. The maximum absolute atomic E-state index is 10.7. The normalized spacial score (nSPS) is 13.3. The maximum atomic E-state index is 10.7. The van der Waals surface area contributed by atoms with Gasteiger partial charge in [0.1, 0.15) is 6.04 Å². The summed E-state index contributed by atoms with van der Waals surface area (Å²) in [5.41, 5.74) is 6.96. The van der Waals surface area contributed by atoms with Crippen LogP contribution in [0.2, 0.25) is 0 Å². The lowest BCUT2D eigenvalue weighted by Gasteiger charge is -2.06. The van der Waals surface area contributed by atoms with Gasteiger partial charge in [-0.1, -0.05) is 0 Å². The Balaban J connectivity index is 2.58. The molecule has 0 aliphatic heterocycles. The fraction of sp³-hybridized carbons (Fsp3) is 0.333. The molecule has 0 aliphatic rings. The standard InChI is InChI=1S/C9H12N4O2/c1-5-3-13-4-6(7(10)8(14)15)12(2)9(13)11-5/h3-4,7H,10H2,1-2H3,(H,14,15). The Morgan fingerprint density at radius 2 is 2.27 bits per heavy atom. The highest BCUT2D eigenvalue weighted by Gasteiger charge is 2.20. The number of rotatable bonds is 2. The first kappa shape index (κ1) is 9.72. The molecule has 80 valence electrons. The van der Waals surface area contributed by atoms with Crippen molar-refractivity contribution in [1.82, 2.24) is 14.0 Å². The zero-order valence-electron chi connectivity index (χ0n) is 8.51. The van der Waals surface area contributed by atoms with Crippen molar-refractivity contribution in [2.75, 3.05) is 0 Å². The van der Waals surface area contributed by atoms with E-state index in [0.717, 1.165) is 5.69 Å². The van der Waals surface area contributed by atoms with Gasteiger partial charge >= 0.3 is 5.97 Å². The summed E-state index contributed by atoms with van der Waals surface area (Å²) in [7, 11) is 1.75. The first-order valence-corrected chi connectivity index (χ1v) is 4.50. The van der Waals surface area contributed by atoms with E-state index in [1.54, 1.807) is 22.2 Å². The molecule has 0 fully saturated rings. The van der Waals surface area contributed by atoms with Crippen molar-refractivity contribution >= 4 is 11.7 Å². The molecule has 0 saturated carbocycles. The number of hydrogen-bond donors (Lipinski definition) is 2. The summed E-state index contributed by atoms with van der Waals surface area (Å²) < 4.78 is 3.46. The molecule has 2 rings (SSSR count). The fourth-order valence-electron chi connectivity index (χ4n) is 1.61. The summed E-state index contributed by atoms with van der Waals surface area (Å²) in [4.78, 5) is 15.0. The molecule has 0 amide bonds. The average molecular weight is 208 g/mol. The van der Waals surface area contributed by atoms with E-state index >= 15 is 0 Å². The summed E-state index contributed by atoms with van der Waals surface area (Å²) in [5, 5.41) is 8.81. The average Bonchev–Trinajstić information content (AvgIpc) is 2.64. The number of carboxylic acids is 1. The first-order valence-electron chi connectivity index (χ1n) is 4.50. The van der Waals surface area contributed by atoms with Crippen LogP contribution in [0.1, 0.15) is 17.4 Å². The number of carboxylic acid groups (broad SMARTS) is 1. The minimum Gasteiger partial charge on any atom is -0.480 e. The van der Waals surface area contributed by atoms with Gasteiger partial charge in [0.15, 0.2) is 0 Å². The van der Waals surface area contributed by atoms with Crippen LogP contribution >= 0.6 is 0 Å². The van der Waals surface area contributed by atoms with Gasteiger partial charge in [0.05, 0.1) is 11.4 Å². The number of aryl methyl sites for hydroxylation is 2. The molecule has 2 aromatic rings. The lowest BCUT2D eigenvalue weighted by Crippen LogP contribution is -2.23. The third-order valence-corrected chi connectivity index (χ3v) is 2.38. The van der Waals surface area contributed by atoms with E-state index in [9.17, 15) is 4.79 Å². The second-order valence-corrected chi connectivity index (χ2v) is 3.52. The van der Waals surface area contributed by atoms with Gasteiger partial charge in [-0.3, -0.25) is 9.20 Å². The summed E-state index contributed by atoms with van der Waals surface area (Å²) in [6.45, 7) is 1.88. The van der Waals surface area contributed by atoms with Crippen LogP contribution in [-0.4, -0.2) is 25.0 Å². The summed E-state index contributed by atoms with van der Waals surface area (Å²) in [5.74, 6) is -0.352. The van der Waals surface area contributed by atoms with Crippen LogP contribution < -0.4 is 5.73 Å². The van der Waals surface area contributed by atoms with E-state index in [2.05, 4.69) is 4.98 Å². The van der Waals surface area contributed by atoms with Crippen LogP contribution in [0.4, 0.5) is 0 Å². The number of carbonyl (C=O) groups is 1. The van der Waals surface area contributed by atoms with Crippen molar-refractivity contribution in [3.05, 3.63) is 23.8 Å². The van der Waals surface area contributed by atoms with Crippen LogP contribution in [-0.2, 0) is 11.8 Å². The molecule has 0 bridgehead atoms. The van der Waals surface area contributed by atoms with Gasteiger partial charge < -0.3 is 15.4 Å². The number of fused-ring (bicyclic) bond motifs is 1. The Kier molecular flexibility index (Phi) is 2.01. The van der Waals surface area contributed by atoms with Gasteiger partial charge in [-0.15, -0.1) is 0 Å². The molecule has 3 N–H and O–H groups in total. The van der Waals surface area contributed by atoms with Crippen LogP contribution in [0.3, 0.4) is 0 Å². The predicted octanol–water partition coefficient (Wildman–Crippen LogP) is 0.0656. The smallest absolute Gasteiger partial charge is 0.326 e. The van der Waals surface area contributed by atoms with Crippen molar-refractivity contribution in [2.24, 2.45) is 12.8 Å². The van der Waals surface area contributed by atoms with E-state index in [1.165, 1.54) is 0 Å². The molecule has 0 radical (unpaired) electrons. The molecular formula is C9H12N4O2. The quantitative estimate of drug-likeness (QED) is 0.731. The molecule has 0 saturated heterocycles. The van der Waals surface area contributed by atoms with Gasteiger partial charge in [-0.2, -0.15) is 0 Å². The highest BCUT2D eigenvalue weighted by atomic mass is 16.4. The molecule has 2 aromatic heterocycles. The minimum atomic E-state index is -1.05. The molecule has 1 unspecified atom stereocenters. The van der Waals surface area contributed by atoms with Crippen molar-refractivity contribution in [3.8, 4) is 0 Å². The van der Waals surface area contributed by atoms with E-state index < -0.39 is 12.0 Å². The second kappa shape index (κ2) is 3.09. The van der Waals surface area contributed by atoms with Crippen molar-refractivity contribution in [1.29, 1.82) is 0 Å². The Labute approximate surface area is 85.9 Å². The molecule has 1 atom stereocenters. The third kappa shape index (κ3) is 1.39. The van der Waals surface area contributed by atoms with Gasteiger partial charge in [-0.05, 0) is 6.92 Å². The van der Waals surface area contributed by atoms with E-state index in [-0.39, 0.29) is 0 Å². The third-order valence-electron chi connectivity index (χ3n) is 2.38. The zero-order valence-corrected chi connectivity index (χ0v) is 8.51. The fourth-order valence-corrected chi connectivity index (χ4v) is 1.61. The number of imidazole rings is 2. The minimum absolute atomic E-state index is 0.532. The molecule has 0 aromatic carbocycles. The molecule has 15 heavy (non-hydrogen) atoms. The van der Waals surface area contributed by atoms with Gasteiger partial charge in [-0.25, -0.2) is 4.98 Å². The Morgan fingerprint density at radius 1 is 1.60 bits per heavy atom. The first-order chi connectivity index (χ1) is 7.00. The molecule has 2 heterocycles. The molecule has 6 nitrogen and oxygen atoms in total. The second-order valence-electron chi connectivity index (χ2n) is 3.52. The zero-order chi connectivity index (χ0) is 11.2. The van der Waals surface area contributed by atoms with Crippen molar-refractivity contribution in [3.63, 3.8) is 0 Å². The predicted molar refractivity (Wildman–Crippen MR) is 53.5 cm³/mol. The monoisotopic (exact) mass is 208 g/mol. The highest BCUT2D eigenvalue weighted by Crippen LogP contribution is 2.15. The Hall–Kier alpha value is -1.82.